The highest BCUT2D eigenvalue weighted by atomic mass is 32.2. The van der Waals surface area contributed by atoms with Gasteiger partial charge in [0.05, 0.1) is 11.5 Å². The molecule has 0 radical (unpaired) electrons. The predicted octanol–water partition coefficient (Wildman–Crippen LogP) is 1.26. The summed E-state index contributed by atoms with van der Waals surface area (Å²) >= 11 is 0. The maximum atomic E-state index is 12.6. The van der Waals surface area contributed by atoms with Crippen LogP contribution in [0.25, 0.3) is 0 Å². The first kappa shape index (κ1) is 19.4. The smallest absolute Gasteiger partial charge is 0.272 e. The zero-order valence-electron chi connectivity index (χ0n) is 14.7. The van der Waals surface area contributed by atoms with E-state index < -0.39 is 21.8 Å². The number of carbonyl (C=O) groups excluding carboxylic acids is 2. The maximum Gasteiger partial charge on any atom is 0.272 e. The molecule has 7 nitrogen and oxygen atoms in total. The zero-order chi connectivity index (χ0) is 18.4. The van der Waals surface area contributed by atoms with Crippen molar-refractivity contribution in [3.63, 3.8) is 0 Å². The molecule has 0 bridgehead atoms. The van der Waals surface area contributed by atoms with E-state index in [-0.39, 0.29) is 28.8 Å². The fourth-order valence-electron chi connectivity index (χ4n) is 2.87. The molecule has 138 valence electrons. The topological polar surface area (TPSA) is 96.4 Å². The third-order valence-corrected chi connectivity index (χ3v) is 5.81. The van der Waals surface area contributed by atoms with Gasteiger partial charge in [-0.2, -0.15) is 0 Å². The first-order chi connectivity index (χ1) is 11.9. The standard InChI is InChI=1S/C17H25N3O4S/c1-3-9-20(10-4-2)17(22)15-7-5-6-14(19-15)16(21)18-13-8-11-25(23,24)12-13/h5-7,13H,3-4,8-12H2,1-2H3,(H,18,21). The minimum atomic E-state index is -3.06. The van der Waals surface area contributed by atoms with Gasteiger partial charge < -0.3 is 10.2 Å². The number of sulfone groups is 1. The molecular formula is C17H25N3O4S. The van der Waals surface area contributed by atoms with Gasteiger partial charge in [-0.1, -0.05) is 19.9 Å². The Kier molecular flexibility index (Phi) is 6.52. The average molecular weight is 367 g/mol. The van der Waals surface area contributed by atoms with Crippen molar-refractivity contribution in [1.29, 1.82) is 0 Å². The second-order valence-electron chi connectivity index (χ2n) is 6.27. The quantitative estimate of drug-likeness (QED) is 0.783. The van der Waals surface area contributed by atoms with Crippen LogP contribution >= 0.6 is 0 Å². The SMILES string of the molecule is CCCN(CCC)C(=O)c1cccc(C(=O)NC2CCS(=O)(=O)C2)n1. The molecule has 2 rings (SSSR count). The molecule has 1 unspecified atom stereocenters. The number of amides is 2. The van der Waals surface area contributed by atoms with Crippen LogP contribution in [0.15, 0.2) is 18.2 Å². The van der Waals surface area contributed by atoms with E-state index in [0.717, 1.165) is 12.8 Å². The third-order valence-electron chi connectivity index (χ3n) is 4.04. The molecule has 1 aromatic rings. The second-order valence-corrected chi connectivity index (χ2v) is 8.50. The summed E-state index contributed by atoms with van der Waals surface area (Å²) in [4.78, 5) is 30.8. The molecule has 0 aromatic carbocycles. The zero-order valence-corrected chi connectivity index (χ0v) is 15.5. The molecule has 1 N–H and O–H groups in total. The lowest BCUT2D eigenvalue weighted by Gasteiger charge is -2.21. The van der Waals surface area contributed by atoms with Gasteiger partial charge in [0, 0.05) is 19.1 Å². The summed E-state index contributed by atoms with van der Waals surface area (Å²) in [6, 6.07) is 4.35. The Hall–Kier alpha value is -1.96. The summed E-state index contributed by atoms with van der Waals surface area (Å²) in [6.07, 6.45) is 2.11. The highest BCUT2D eigenvalue weighted by Crippen LogP contribution is 2.12. The van der Waals surface area contributed by atoms with Crippen LogP contribution < -0.4 is 5.32 Å². The lowest BCUT2D eigenvalue weighted by molar-refractivity contribution is 0.0749. The molecular weight excluding hydrogens is 342 g/mol. The predicted molar refractivity (Wildman–Crippen MR) is 95.2 cm³/mol. The van der Waals surface area contributed by atoms with Gasteiger partial charge >= 0.3 is 0 Å². The molecule has 2 amide bonds. The summed E-state index contributed by atoms with van der Waals surface area (Å²) in [5.41, 5.74) is 0.358. The summed E-state index contributed by atoms with van der Waals surface area (Å²) in [7, 11) is -3.06. The Morgan fingerprint density at radius 2 is 1.84 bits per heavy atom. The monoisotopic (exact) mass is 367 g/mol. The van der Waals surface area contributed by atoms with Crippen LogP contribution in [0.2, 0.25) is 0 Å². The van der Waals surface area contributed by atoms with Gasteiger partial charge in [-0.3, -0.25) is 9.59 Å². The average Bonchev–Trinajstić information content (AvgIpc) is 2.92. The minimum absolute atomic E-state index is 0.0435. The van der Waals surface area contributed by atoms with Gasteiger partial charge in [0.2, 0.25) is 0 Å². The number of carbonyl (C=O) groups is 2. The van der Waals surface area contributed by atoms with Crippen LogP contribution in [0.1, 0.15) is 54.1 Å². The Bertz CT molecular complexity index is 727. The van der Waals surface area contributed by atoms with Gasteiger partial charge in [-0.05, 0) is 31.4 Å². The highest BCUT2D eigenvalue weighted by molar-refractivity contribution is 7.91. The molecule has 25 heavy (non-hydrogen) atoms. The van der Waals surface area contributed by atoms with Crippen molar-refractivity contribution in [1.82, 2.24) is 15.2 Å². The Morgan fingerprint density at radius 1 is 1.20 bits per heavy atom. The highest BCUT2D eigenvalue weighted by Gasteiger charge is 2.29. The van der Waals surface area contributed by atoms with Crippen molar-refractivity contribution >= 4 is 21.7 Å². The van der Waals surface area contributed by atoms with Crippen LogP contribution in [0.4, 0.5) is 0 Å². The normalized spacial score (nSPS) is 18.7. The van der Waals surface area contributed by atoms with Crippen LogP contribution in [0.5, 0.6) is 0 Å². The first-order valence-corrected chi connectivity index (χ1v) is 10.5. The Balaban J connectivity index is 2.09. The molecule has 1 saturated heterocycles. The van der Waals surface area contributed by atoms with Crippen LogP contribution in [0.3, 0.4) is 0 Å². The van der Waals surface area contributed by atoms with Crippen molar-refractivity contribution in [2.24, 2.45) is 0 Å². The Labute approximate surface area is 148 Å². The summed E-state index contributed by atoms with van der Waals surface area (Å²) in [5, 5.41) is 2.69. The van der Waals surface area contributed by atoms with E-state index in [1.807, 2.05) is 13.8 Å². The fourth-order valence-corrected chi connectivity index (χ4v) is 4.54. The summed E-state index contributed by atoms with van der Waals surface area (Å²) < 4.78 is 23.0. The van der Waals surface area contributed by atoms with Gasteiger partial charge in [0.25, 0.3) is 11.8 Å². The number of nitrogens with one attached hydrogen (secondary N) is 1. The number of hydrogen-bond donors (Lipinski definition) is 1. The largest absolute Gasteiger partial charge is 0.347 e. The molecule has 0 spiro atoms. The fraction of sp³-hybridized carbons (Fsp3) is 0.588. The maximum absolute atomic E-state index is 12.6. The number of pyridine rings is 1. The first-order valence-electron chi connectivity index (χ1n) is 8.64. The molecule has 0 saturated carbocycles. The van der Waals surface area contributed by atoms with E-state index in [2.05, 4.69) is 10.3 Å². The minimum Gasteiger partial charge on any atom is -0.347 e. The van der Waals surface area contributed by atoms with E-state index in [4.69, 9.17) is 0 Å². The Morgan fingerprint density at radius 3 is 2.40 bits per heavy atom. The lowest BCUT2D eigenvalue weighted by atomic mass is 10.2. The molecule has 1 atom stereocenters. The molecule has 1 fully saturated rings. The van der Waals surface area contributed by atoms with E-state index >= 15 is 0 Å². The van der Waals surface area contributed by atoms with Gasteiger partial charge in [-0.25, -0.2) is 13.4 Å². The van der Waals surface area contributed by atoms with Crippen molar-refractivity contribution in [3.8, 4) is 0 Å². The van der Waals surface area contributed by atoms with Crippen molar-refractivity contribution in [2.45, 2.75) is 39.2 Å². The van der Waals surface area contributed by atoms with E-state index in [9.17, 15) is 18.0 Å². The van der Waals surface area contributed by atoms with Crippen molar-refractivity contribution in [2.75, 3.05) is 24.6 Å². The number of hydrogen-bond acceptors (Lipinski definition) is 5. The second kappa shape index (κ2) is 8.42. The number of rotatable bonds is 7. The van der Waals surface area contributed by atoms with Crippen molar-refractivity contribution in [3.05, 3.63) is 29.6 Å². The molecule has 2 heterocycles. The molecule has 0 aliphatic carbocycles. The third kappa shape index (κ3) is 5.26. The van der Waals surface area contributed by atoms with Crippen LogP contribution in [-0.2, 0) is 9.84 Å². The molecule has 1 aliphatic rings. The van der Waals surface area contributed by atoms with Gasteiger partial charge in [0.15, 0.2) is 9.84 Å². The molecule has 1 aromatic heterocycles. The van der Waals surface area contributed by atoms with E-state index in [1.54, 1.807) is 17.0 Å². The molecule has 8 heteroatoms. The van der Waals surface area contributed by atoms with E-state index in [0.29, 0.717) is 19.5 Å². The molecule has 1 aliphatic heterocycles. The lowest BCUT2D eigenvalue weighted by Crippen LogP contribution is -2.37. The van der Waals surface area contributed by atoms with Crippen LogP contribution in [0, 0.1) is 0 Å². The number of nitrogens with zero attached hydrogens (tertiary/aromatic N) is 2. The number of aromatic nitrogens is 1. The van der Waals surface area contributed by atoms with Crippen molar-refractivity contribution < 1.29 is 18.0 Å². The summed E-state index contributed by atoms with van der Waals surface area (Å²) in [6.45, 7) is 5.29. The van der Waals surface area contributed by atoms with Crippen LogP contribution in [-0.4, -0.2) is 60.8 Å². The summed E-state index contributed by atoms with van der Waals surface area (Å²) in [5.74, 6) is -0.596. The van der Waals surface area contributed by atoms with Gasteiger partial charge in [0.1, 0.15) is 11.4 Å². The van der Waals surface area contributed by atoms with E-state index in [1.165, 1.54) is 6.07 Å². The van der Waals surface area contributed by atoms with Gasteiger partial charge in [-0.15, -0.1) is 0 Å².